The van der Waals surface area contributed by atoms with Gasteiger partial charge in [0.1, 0.15) is 0 Å². The number of benzene rings is 2. The van der Waals surface area contributed by atoms with Crippen LogP contribution in [-0.2, 0) is 9.59 Å². The number of nitrogens with two attached hydrogens (primary N) is 1. The molecule has 30 heavy (non-hydrogen) atoms. The first-order chi connectivity index (χ1) is 14.4. The van der Waals surface area contributed by atoms with Crippen LogP contribution in [0, 0.1) is 0 Å². The molecule has 4 N–H and O–H groups in total. The number of anilines is 4. The second-order valence-electron chi connectivity index (χ2n) is 6.14. The third-order valence-corrected chi connectivity index (χ3v) is 4.68. The Bertz CT molecular complexity index is 1090. The maximum absolute atomic E-state index is 12.2. The standard InChI is InChI=1S/C21H19N5O3S/c1-14(27)26(18-8-3-2-4-9-18)21-25-17(13-30-21)10-11-19(28)23-15-6-5-7-16(12-15)24-20(22)29/h2-13H,1H3,(H,23,28)(H3,22,24,29)/b11-10+. The monoisotopic (exact) mass is 421 g/mol. The van der Waals surface area contributed by atoms with Gasteiger partial charge in [-0.3, -0.25) is 14.5 Å². The topological polar surface area (TPSA) is 117 Å². The third kappa shape index (κ3) is 5.52. The number of aromatic nitrogens is 1. The van der Waals surface area contributed by atoms with E-state index < -0.39 is 6.03 Å². The number of hydrogen-bond acceptors (Lipinski definition) is 5. The zero-order valence-corrected chi connectivity index (χ0v) is 16.8. The van der Waals surface area contributed by atoms with Crippen LogP contribution in [0.3, 0.4) is 0 Å². The van der Waals surface area contributed by atoms with Crippen molar-refractivity contribution in [2.24, 2.45) is 5.73 Å². The molecule has 0 aliphatic heterocycles. The van der Waals surface area contributed by atoms with Crippen molar-refractivity contribution in [3.63, 3.8) is 0 Å². The summed E-state index contributed by atoms with van der Waals surface area (Å²) < 4.78 is 0. The molecule has 0 aliphatic rings. The Kier molecular flexibility index (Phi) is 6.56. The first-order valence-electron chi connectivity index (χ1n) is 8.89. The zero-order chi connectivity index (χ0) is 21.5. The van der Waals surface area contributed by atoms with Crippen molar-refractivity contribution in [1.29, 1.82) is 0 Å². The highest BCUT2D eigenvalue weighted by atomic mass is 32.1. The minimum atomic E-state index is -0.687. The van der Waals surface area contributed by atoms with Gasteiger partial charge in [0.2, 0.25) is 11.8 Å². The molecular weight excluding hydrogens is 402 g/mol. The molecule has 0 saturated heterocycles. The molecule has 0 radical (unpaired) electrons. The fraction of sp³-hybridized carbons (Fsp3) is 0.0476. The van der Waals surface area contributed by atoms with Crippen molar-refractivity contribution in [3.05, 3.63) is 71.7 Å². The van der Waals surface area contributed by atoms with Gasteiger partial charge in [0, 0.05) is 29.8 Å². The lowest BCUT2D eigenvalue weighted by molar-refractivity contribution is -0.116. The van der Waals surface area contributed by atoms with Gasteiger partial charge in [0.05, 0.1) is 11.4 Å². The fourth-order valence-electron chi connectivity index (χ4n) is 2.62. The van der Waals surface area contributed by atoms with Crippen molar-refractivity contribution in [2.75, 3.05) is 15.5 Å². The molecule has 1 aromatic heterocycles. The van der Waals surface area contributed by atoms with E-state index in [4.69, 9.17) is 5.73 Å². The molecule has 8 nitrogen and oxygen atoms in total. The molecule has 2 aromatic carbocycles. The number of amides is 4. The lowest BCUT2D eigenvalue weighted by atomic mass is 10.2. The predicted molar refractivity (Wildman–Crippen MR) is 119 cm³/mol. The molecule has 9 heteroatoms. The molecule has 1 heterocycles. The Morgan fingerprint density at radius 1 is 1.03 bits per heavy atom. The second-order valence-corrected chi connectivity index (χ2v) is 6.97. The molecule has 0 spiro atoms. The highest BCUT2D eigenvalue weighted by Gasteiger charge is 2.17. The molecule has 3 rings (SSSR count). The van der Waals surface area contributed by atoms with Gasteiger partial charge in [-0.2, -0.15) is 0 Å². The third-order valence-electron chi connectivity index (χ3n) is 3.83. The molecule has 3 aromatic rings. The number of nitrogens with zero attached hydrogens (tertiary/aromatic N) is 2. The summed E-state index contributed by atoms with van der Waals surface area (Å²) in [6.45, 7) is 1.47. The highest BCUT2D eigenvalue weighted by Crippen LogP contribution is 2.29. The van der Waals surface area contributed by atoms with Gasteiger partial charge in [-0.25, -0.2) is 9.78 Å². The van der Waals surface area contributed by atoms with E-state index in [1.54, 1.807) is 35.7 Å². The Hall–Kier alpha value is -3.98. The van der Waals surface area contributed by atoms with Crippen LogP contribution in [0.5, 0.6) is 0 Å². The van der Waals surface area contributed by atoms with Crippen LogP contribution in [0.2, 0.25) is 0 Å². The van der Waals surface area contributed by atoms with E-state index in [1.807, 2.05) is 30.3 Å². The number of para-hydroxylation sites is 1. The van der Waals surface area contributed by atoms with Crippen molar-refractivity contribution in [1.82, 2.24) is 4.98 Å². The van der Waals surface area contributed by atoms with E-state index in [9.17, 15) is 14.4 Å². The maximum Gasteiger partial charge on any atom is 0.316 e. The van der Waals surface area contributed by atoms with E-state index in [0.717, 1.165) is 5.69 Å². The number of nitrogens with one attached hydrogen (secondary N) is 2. The second kappa shape index (κ2) is 9.48. The smallest absolute Gasteiger partial charge is 0.316 e. The van der Waals surface area contributed by atoms with Crippen LogP contribution < -0.4 is 21.3 Å². The van der Waals surface area contributed by atoms with Crippen LogP contribution in [0.25, 0.3) is 6.08 Å². The van der Waals surface area contributed by atoms with E-state index >= 15 is 0 Å². The van der Waals surface area contributed by atoms with Crippen LogP contribution in [-0.4, -0.2) is 22.8 Å². The Morgan fingerprint density at radius 3 is 2.40 bits per heavy atom. The molecule has 0 bridgehead atoms. The van der Waals surface area contributed by atoms with Crippen molar-refractivity contribution in [2.45, 2.75) is 6.92 Å². The van der Waals surface area contributed by atoms with Crippen molar-refractivity contribution >= 4 is 57.5 Å². The molecule has 0 aliphatic carbocycles. The van der Waals surface area contributed by atoms with E-state index in [2.05, 4.69) is 15.6 Å². The fourth-order valence-corrected chi connectivity index (χ4v) is 3.48. The number of thiazole rings is 1. The summed E-state index contributed by atoms with van der Waals surface area (Å²) in [6, 6.07) is 15.1. The highest BCUT2D eigenvalue weighted by molar-refractivity contribution is 7.14. The number of rotatable bonds is 6. The summed E-state index contributed by atoms with van der Waals surface area (Å²) in [5, 5.41) is 7.41. The van der Waals surface area contributed by atoms with Gasteiger partial charge in [-0.1, -0.05) is 24.3 Å². The summed E-state index contributed by atoms with van der Waals surface area (Å²) in [7, 11) is 0. The molecule has 0 fully saturated rings. The molecule has 0 unspecified atom stereocenters. The van der Waals surface area contributed by atoms with Crippen LogP contribution in [0.4, 0.5) is 27.0 Å². The first kappa shape index (κ1) is 20.7. The van der Waals surface area contributed by atoms with E-state index in [0.29, 0.717) is 22.2 Å². The van der Waals surface area contributed by atoms with Crippen molar-refractivity contribution < 1.29 is 14.4 Å². The summed E-state index contributed by atoms with van der Waals surface area (Å²) in [6.07, 6.45) is 2.90. The Balaban J connectivity index is 1.68. The number of primary amides is 1. The molecule has 4 amide bonds. The normalized spacial score (nSPS) is 10.6. The molecule has 0 atom stereocenters. The van der Waals surface area contributed by atoms with Gasteiger partial charge < -0.3 is 16.4 Å². The summed E-state index contributed by atoms with van der Waals surface area (Å²) >= 11 is 1.30. The largest absolute Gasteiger partial charge is 0.351 e. The van der Waals surface area contributed by atoms with Crippen LogP contribution in [0.1, 0.15) is 12.6 Å². The van der Waals surface area contributed by atoms with Gasteiger partial charge in [0.15, 0.2) is 5.13 Å². The number of carbonyl (C=O) groups excluding carboxylic acids is 3. The zero-order valence-electron chi connectivity index (χ0n) is 16.0. The van der Waals surface area contributed by atoms with Gasteiger partial charge in [0.25, 0.3) is 0 Å². The Morgan fingerprint density at radius 2 is 1.73 bits per heavy atom. The van der Waals surface area contributed by atoms with Crippen LogP contribution >= 0.6 is 11.3 Å². The number of carbonyl (C=O) groups is 3. The number of hydrogen-bond donors (Lipinski definition) is 3. The van der Waals surface area contributed by atoms with Gasteiger partial charge >= 0.3 is 6.03 Å². The molecule has 0 saturated carbocycles. The summed E-state index contributed by atoms with van der Waals surface area (Å²) in [4.78, 5) is 41.2. The summed E-state index contributed by atoms with van der Waals surface area (Å²) in [5.41, 5.74) is 7.33. The van der Waals surface area contributed by atoms with Gasteiger partial charge in [-0.15, -0.1) is 11.3 Å². The van der Waals surface area contributed by atoms with Gasteiger partial charge in [-0.05, 0) is 36.4 Å². The lowest BCUT2D eigenvalue weighted by Gasteiger charge is -2.17. The average Bonchev–Trinajstić information content (AvgIpc) is 3.15. The van der Waals surface area contributed by atoms with Crippen LogP contribution in [0.15, 0.2) is 66.1 Å². The summed E-state index contributed by atoms with van der Waals surface area (Å²) in [5.74, 6) is -0.527. The minimum absolute atomic E-state index is 0.159. The van der Waals surface area contributed by atoms with E-state index in [-0.39, 0.29) is 11.8 Å². The number of urea groups is 1. The van der Waals surface area contributed by atoms with Crippen molar-refractivity contribution in [3.8, 4) is 0 Å². The quantitative estimate of drug-likeness (QED) is 0.522. The lowest BCUT2D eigenvalue weighted by Crippen LogP contribution is -2.22. The molecule has 152 valence electrons. The van der Waals surface area contributed by atoms with E-state index in [1.165, 1.54) is 29.2 Å². The maximum atomic E-state index is 12.2. The first-order valence-corrected chi connectivity index (χ1v) is 9.77. The Labute approximate surface area is 177 Å². The predicted octanol–water partition coefficient (Wildman–Crippen LogP) is 3.97. The molecular formula is C21H19N5O3S. The average molecular weight is 421 g/mol. The minimum Gasteiger partial charge on any atom is -0.351 e. The SMILES string of the molecule is CC(=O)N(c1ccccc1)c1nc(/C=C/C(=O)Nc2cccc(NC(N)=O)c2)cs1.